The molecule has 0 bridgehead atoms. The van der Waals surface area contributed by atoms with Gasteiger partial charge in [0, 0.05) is 32.1 Å². The summed E-state index contributed by atoms with van der Waals surface area (Å²) < 4.78 is 20.4. The van der Waals surface area contributed by atoms with E-state index in [1.54, 1.807) is 24.5 Å². The molecule has 1 aliphatic heterocycles. The summed E-state index contributed by atoms with van der Waals surface area (Å²) in [4.78, 5) is 35.0. The summed E-state index contributed by atoms with van der Waals surface area (Å²) in [6, 6.07) is 4.57. The number of hydrogen-bond acceptors (Lipinski definition) is 9. The Morgan fingerprint density at radius 3 is 2.37 bits per heavy atom. The minimum Gasteiger partial charge on any atom is -0.493 e. The molecular formula is C30H43ClFN5O6. The van der Waals surface area contributed by atoms with E-state index in [0.717, 1.165) is 38.8 Å². The summed E-state index contributed by atoms with van der Waals surface area (Å²) >= 11 is 5.87. The molecule has 0 saturated carbocycles. The number of aliphatic hydroxyl groups excluding tert-OH is 3. The summed E-state index contributed by atoms with van der Waals surface area (Å²) in [6.07, 6.45) is 9.14. The number of aliphatic hydroxyl groups is 3. The van der Waals surface area contributed by atoms with E-state index < -0.39 is 31.2 Å². The van der Waals surface area contributed by atoms with Gasteiger partial charge in [-0.3, -0.25) is 9.59 Å². The van der Waals surface area contributed by atoms with Crippen LogP contribution in [0, 0.1) is 11.7 Å². The van der Waals surface area contributed by atoms with Gasteiger partial charge < -0.3 is 35.6 Å². The van der Waals surface area contributed by atoms with Gasteiger partial charge in [0.15, 0.2) is 0 Å². The average Bonchev–Trinajstić information content (AvgIpc) is 3.02. The van der Waals surface area contributed by atoms with Crippen molar-refractivity contribution in [2.75, 3.05) is 51.0 Å². The second-order valence-corrected chi connectivity index (χ2v) is 11.5. The van der Waals surface area contributed by atoms with Crippen LogP contribution in [0.25, 0.3) is 0 Å². The smallest absolute Gasteiger partial charge is 0.225 e. The third kappa shape index (κ3) is 11.5. The van der Waals surface area contributed by atoms with E-state index in [2.05, 4.69) is 25.5 Å². The molecule has 0 radical (unpaired) electrons. The standard InChI is InChI=1S/C30H43ClFN5O6/c31-24-17-34-29(35-18-24)37-12-9-22(10-13-37)5-4-14-43-25-8-7-23(26(32)16-25)15-28(42)33-11-3-1-2-6-27(41)36-30(19-38,20-39)21-40/h7-8,16-18,22,38-40H,1-6,9-15,19-21H2,(H,33,42)(H,36,41). The highest BCUT2D eigenvalue weighted by Gasteiger charge is 2.29. The van der Waals surface area contributed by atoms with Gasteiger partial charge in [-0.25, -0.2) is 14.4 Å². The van der Waals surface area contributed by atoms with Crippen molar-refractivity contribution >= 4 is 29.4 Å². The zero-order valence-electron chi connectivity index (χ0n) is 24.4. The number of carbonyl (C=O) groups is 2. The molecule has 0 aliphatic carbocycles. The molecule has 11 nitrogen and oxygen atoms in total. The van der Waals surface area contributed by atoms with Crippen molar-refractivity contribution in [3.05, 3.63) is 47.0 Å². The number of ether oxygens (including phenoxy) is 1. The number of rotatable bonds is 18. The molecule has 13 heteroatoms. The lowest BCUT2D eigenvalue weighted by atomic mass is 9.92. The van der Waals surface area contributed by atoms with Crippen molar-refractivity contribution in [3.8, 4) is 5.75 Å². The molecule has 1 aliphatic rings. The first-order valence-corrected chi connectivity index (χ1v) is 15.2. The van der Waals surface area contributed by atoms with E-state index >= 15 is 0 Å². The Kier molecular flexibility index (Phi) is 14.3. The highest BCUT2D eigenvalue weighted by Crippen LogP contribution is 2.25. The van der Waals surface area contributed by atoms with Crippen LogP contribution in [0.15, 0.2) is 30.6 Å². The largest absolute Gasteiger partial charge is 0.493 e. The summed E-state index contributed by atoms with van der Waals surface area (Å²) in [5, 5.41) is 33.5. The molecule has 1 saturated heterocycles. The fourth-order valence-electron chi connectivity index (χ4n) is 4.89. The Labute approximate surface area is 256 Å². The number of nitrogens with one attached hydrogen (secondary N) is 2. The molecule has 0 spiro atoms. The predicted octanol–water partition coefficient (Wildman–Crippen LogP) is 2.40. The first-order chi connectivity index (χ1) is 20.8. The first-order valence-electron chi connectivity index (χ1n) is 14.8. The van der Waals surface area contributed by atoms with Crippen molar-refractivity contribution in [2.24, 2.45) is 5.92 Å². The second kappa shape index (κ2) is 17.9. The van der Waals surface area contributed by atoms with Crippen LogP contribution in [0.2, 0.25) is 5.02 Å². The van der Waals surface area contributed by atoms with Gasteiger partial charge >= 0.3 is 0 Å². The predicted molar refractivity (Wildman–Crippen MR) is 160 cm³/mol. The van der Waals surface area contributed by atoms with Crippen LogP contribution in [-0.4, -0.2) is 88.7 Å². The van der Waals surface area contributed by atoms with Crippen molar-refractivity contribution in [3.63, 3.8) is 0 Å². The molecule has 2 aromatic rings. The minimum atomic E-state index is -1.43. The van der Waals surface area contributed by atoms with E-state index in [0.29, 0.717) is 55.1 Å². The maximum absolute atomic E-state index is 14.6. The van der Waals surface area contributed by atoms with E-state index in [1.807, 2.05) is 0 Å². The van der Waals surface area contributed by atoms with Crippen LogP contribution < -0.4 is 20.3 Å². The zero-order chi connectivity index (χ0) is 31.1. The molecule has 0 atom stereocenters. The number of amides is 2. The van der Waals surface area contributed by atoms with E-state index in [1.165, 1.54) is 6.07 Å². The molecule has 238 valence electrons. The normalized spacial score (nSPS) is 14.0. The quantitative estimate of drug-likeness (QED) is 0.157. The Morgan fingerprint density at radius 2 is 1.72 bits per heavy atom. The van der Waals surface area contributed by atoms with Gasteiger partial charge in [0.25, 0.3) is 0 Å². The van der Waals surface area contributed by atoms with Gasteiger partial charge in [-0.1, -0.05) is 24.1 Å². The third-order valence-corrected chi connectivity index (χ3v) is 7.82. The Hall–Kier alpha value is -3.06. The second-order valence-electron chi connectivity index (χ2n) is 11.0. The molecule has 5 N–H and O–H groups in total. The number of unbranched alkanes of at least 4 members (excludes halogenated alkanes) is 2. The Balaban J connectivity index is 1.25. The van der Waals surface area contributed by atoms with Crippen molar-refractivity contribution in [1.82, 2.24) is 20.6 Å². The summed E-state index contributed by atoms with van der Waals surface area (Å²) in [6.45, 7) is 0.972. The highest BCUT2D eigenvalue weighted by atomic mass is 35.5. The fraction of sp³-hybridized carbons (Fsp3) is 0.600. The topological polar surface area (TPSA) is 157 Å². The summed E-state index contributed by atoms with van der Waals surface area (Å²) in [5.74, 6) is 0.583. The summed E-state index contributed by atoms with van der Waals surface area (Å²) in [5.41, 5.74) is -1.14. The molecule has 43 heavy (non-hydrogen) atoms. The molecule has 2 amide bonds. The lowest BCUT2D eigenvalue weighted by Crippen LogP contribution is -2.57. The number of hydrogen-bond donors (Lipinski definition) is 5. The highest BCUT2D eigenvalue weighted by molar-refractivity contribution is 6.30. The van der Waals surface area contributed by atoms with Gasteiger partial charge in [-0.15, -0.1) is 0 Å². The van der Waals surface area contributed by atoms with Crippen LogP contribution >= 0.6 is 11.6 Å². The average molecular weight is 624 g/mol. The fourth-order valence-corrected chi connectivity index (χ4v) is 4.99. The van der Waals surface area contributed by atoms with Gasteiger partial charge in [-0.2, -0.15) is 0 Å². The monoisotopic (exact) mass is 623 g/mol. The molecule has 1 aromatic carbocycles. The van der Waals surface area contributed by atoms with E-state index in [-0.39, 0.29) is 30.2 Å². The molecule has 3 rings (SSSR count). The Morgan fingerprint density at radius 1 is 1.02 bits per heavy atom. The number of nitrogens with zero attached hydrogens (tertiary/aromatic N) is 3. The van der Waals surface area contributed by atoms with Crippen molar-refractivity contribution in [1.29, 1.82) is 0 Å². The van der Waals surface area contributed by atoms with Crippen LogP contribution in [-0.2, 0) is 16.0 Å². The SMILES string of the molecule is O=C(Cc1ccc(OCCCC2CCN(c3ncc(Cl)cn3)CC2)cc1F)NCCCCCC(=O)NC(CO)(CO)CO. The molecular weight excluding hydrogens is 581 g/mol. The number of aromatic nitrogens is 2. The molecule has 0 unspecified atom stereocenters. The van der Waals surface area contributed by atoms with Crippen LogP contribution in [0.4, 0.5) is 10.3 Å². The van der Waals surface area contributed by atoms with Gasteiger partial charge in [0.2, 0.25) is 17.8 Å². The van der Waals surface area contributed by atoms with Crippen LogP contribution in [0.3, 0.4) is 0 Å². The summed E-state index contributed by atoms with van der Waals surface area (Å²) in [7, 11) is 0. The molecule has 2 heterocycles. The van der Waals surface area contributed by atoms with Crippen molar-refractivity contribution in [2.45, 2.75) is 63.3 Å². The van der Waals surface area contributed by atoms with E-state index in [4.69, 9.17) is 16.3 Å². The molecule has 1 fully saturated rings. The zero-order valence-corrected chi connectivity index (χ0v) is 25.2. The van der Waals surface area contributed by atoms with Crippen molar-refractivity contribution < 1.29 is 34.0 Å². The van der Waals surface area contributed by atoms with Crippen LogP contribution in [0.5, 0.6) is 5.75 Å². The number of piperidine rings is 1. The first kappa shape index (κ1) is 34.4. The van der Waals surface area contributed by atoms with Gasteiger partial charge in [-0.05, 0) is 56.1 Å². The van der Waals surface area contributed by atoms with Gasteiger partial charge in [0.1, 0.15) is 17.1 Å². The van der Waals surface area contributed by atoms with Gasteiger partial charge in [0.05, 0.1) is 50.3 Å². The number of halogens is 2. The Bertz CT molecular complexity index is 1140. The lowest BCUT2D eigenvalue weighted by Gasteiger charge is -2.31. The molecule has 1 aromatic heterocycles. The minimum absolute atomic E-state index is 0.0835. The number of carbonyl (C=O) groups excluding carboxylic acids is 2. The number of anilines is 1. The van der Waals surface area contributed by atoms with Crippen LogP contribution in [0.1, 0.15) is 56.9 Å². The maximum Gasteiger partial charge on any atom is 0.225 e. The maximum atomic E-state index is 14.6. The number of benzene rings is 1. The third-order valence-electron chi connectivity index (χ3n) is 7.62. The lowest BCUT2D eigenvalue weighted by molar-refractivity contribution is -0.125. The van der Waals surface area contributed by atoms with E-state index in [9.17, 15) is 29.3 Å².